The van der Waals surface area contributed by atoms with Crippen molar-refractivity contribution in [3.63, 3.8) is 0 Å². The summed E-state index contributed by atoms with van der Waals surface area (Å²) in [6.07, 6.45) is 1.28. The normalized spacial score (nSPS) is 13.4. The van der Waals surface area contributed by atoms with Crippen LogP contribution in [0.5, 0.6) is 11.5 Å². The second-order valence-electron chi connectivity index (χ2n) is 7.29. The molecule has 6 nitrogen and oxygen atoms in total. The molecule has 0 spiro atoms. The smallest absolute Gasteiger partial charge is 0.242 e. The second kappa shape index (κ2) is 10.7. The van der Waals surface area contributed by atoms with E-state index in [9.17, 15) is 9.59 Å². The average molecular weight is 465 g/mol. The number of hydrogen-bond donors (Lipinski definition) is 1. The SMILES string of the molecule is CCC(C(=O)NC)N(Cc1ccc(Cl)c(Cl)c1)C(=O)CCc1ccc2c(c1)OCCO2. The van der Waals surface area contributed by atoms with E-state index in [0.717, 1.165) is 11.1 Å². The van der Waals surface area contributed by atoms with Gasteiger partial charge in [-0.15, -0.1) is 0 Å². The lowest BCUT2D eigenvalue weighted by Crippen LogP contribution is -2.48. The third kappa shape index (κ3) is 5.83. The Morgan fingerprint density at radius 1 is 1.03 bits per heavy atom. The molecule has 2 aromatic rings. The van der Waals surface area contributed by atoms with Crippen molar-refractivity contribution in [2.75, 3.05) is 20.3 Å². The molecule has 1 N–H and O–H groups in total. The van der Waals surface area contributed by atoms with Crippen molar-refractivity contribution in [2.45, 2.75) is 38.8 Å². The number of aryl methyl sites for hydroxylation is 1. The van der Waals surface area contributed by atoms with Crippen molar-refractivity contribution in [2.24, 2.45) is 0 Å². The first-order valence-electron chi connectivity index (χ1n) is 10.3. The summed E-state index contributed by atoms with van der Waals surface area (Å²) >= 11 is 12.2. The molecule has 0 aromatic heterocycles. The third-order valence-corrected chi connectivity index (χ3v) is 5.94. The van der Waals surface area contributed by atoms with E-state index < -0.39 is 6.04 Å². The standard InChI is InChI=1S/C23H26Cl2N2O4/c1-3-19(23(29)26-2)27(14-16-4-7-17(24)18(25)12-16)22(28)9-6-15-5-8-20-21(13-15)31-11-10-30-20/h4-5,7-8,12-13,19H,3,6,9-11,14H2,1-2H3,(H,26,29). The average Bonchev–Trinajstić information content (AvgIpc) is 2.79. The number of ether oxygens (including phenoxy) is 2. The zero-order chi connectivity index (χ0) is 22.4. The van der Waals surface area contributed by atoms with Gasteiger partial charge in [-0.2, -0.15) is 0 Å². The van der Waals surface area contributed by atoms with E-state index in [2.05, 4.69) is 5.32 Å². The lowest BCUT2D eigenvalue weighted by atomic mass is 10.1. The van der Waals surface area contributed by atoms with Gasteiger partial charge in [0, 0.05) is 20.0 Å². The lowest BCUT2D eigenvalue weighted by Gasteiger charge is -2.30. The van der Waals surface area contributed by atoms with Gasteiger partial charge in [-0.3, -0.25) is 9.59 Å². The molecule has 1 heterocycles. The Morgan fingerprint density at radius 3 is 2.42 bits per heavy atom. The van der Waals surface area contributed by atoms with Crippen molar-refractivity contribution in [3.8, 4) is 11.5 Å². The van der Waals surface area contributed by atoms with Crippen LogP contribution in [0, 0.1) is 0 Å². The number of carbonyl (C=O) groups excluding carboxylic acids is 2. The Kier molecular flexibility index (Phi) is 8.04. The predicted octanol–water partition coefficient (Wildman–Crippen LogP) is 4.25. The minimum Gasteiger partial charge on any atom is -0.486 e. The van der Waals surface area contributed by atoms with Gasteiger partial charge in [0.2, 0.25) is 11.8 Å². The predicted molar refractivity (Wildman–Crippen MR) is 121 cm³/mol. The van der Waals surface area contributed by atoms with Crippen LogP contribution >= 0.6 is 23.2 Å². The van der Waals surface area contributed by atoms with E-state index in [1.165, 1.54) is 0 Å². The molecule has 8 heteroatoms. The van der Waals surface area contributed by atoms with E-state index in [4.69, 9.17) is 32.7 Å². The third-order valence-electron chi connectivity index (χ3n) is 5.20. The number of likely N-dealkylation sites (N-methyl/N-ethyl adjacent to an activating group) is 1. The van der Waals surface area contributed by atoms with Crippen LogP contribution in [-0.2, 0) is 22.6 Å². The topological polar surface area (TPSA) is 67.9 Å². The molecular formula is C23H26Cl2N2O4. The minimum absolute atomic E-state index is 0.114. The Balaban J connectivity index is 1.76. The highest BCUT2D eigenvalue weighted by Gasteiger charge is 2.28. The highest BCUT2D eigenvalue weighted by atomic mass is 35.5. The zero-order valence-electron chi connectivity index (χ0n) is 17.6. The Bertz CT molecular complexity index is 951. The molecule has 2 aromatic carbocycles. The number of amides is 2. The van der Waals surface area contributed by atoms with Crippen LogP contribution in [0.4, 0.5) is 0 Å². The maximum Gasteiger partial charge on any atom is 0.242 e. The van der Waals surface area contributed by atoms with Crippen LogP contribution in [0.1, 0.15) is 30.9 Å². The first-order chi connectivity index (χ1) is 14.9. The molecule has 0 saturated carbocycles. The molecule has 1 unspecified atom stereocenters. The second-order valence-corrected chi connectivity index (χ2v) is 8.10. The molecule has 0 radical (unpaired) electrons. The number of benzene rings is 2. The summed E-state index contributed by atoms with van der Waals surface area (Å²) in [5.41, 5.74) is 1.78. The number of fused-ring (bicyclic) bond motifs is 1. The van der Waals surface area contributed by atoms with Crippen molar-refractivity contribution >= 4 is 35.0 Å². The van der Waals surface area contributed by atoms with Crippen molar-refractivity contribution in [1.29, 1.82) is 0 Å². The van der Waals surface area contributed by atoms with Crippen LogP contribution in [0.25, 0.3) is 0 Å². The van der Waals surface area contributed by atoms with Gasteiger partial charge < -0.3 is 19.7 Å². The van der Waals surface area contributed by atoms with E-state index in [1.54, 1.807) is 24.1 Å². The van der Waals surface area contributed by atoms with Gasteiger partial charge >= 0.3 is 0 Å². The van der Waals surface area contributed by atoms with E-state index >= 15 is 0 Å². The molecule has 1 atom stereocenters. The number of hydrogen-bond acceptors (Lipinski definition) is 4. The van der Waals surface area contributed by atoms with Gasteiger partial charge in [-0.05, 0) is 48.2 Å². The van der Waals surface area contributed by atoms with Crippen LogP contribution in [0.2, 0.25) is 10.0 Å². The summed E-state index contributed by atoms with van der Waals surface area (Å²) in [5, 5.41) is 3.51. The molecule has 0 bridgehead atoms. The van der Waals surface area contributed by atoms with Crippen LogP contribution < -0.4 is 14.8 Å². The van der Waals surface area contributed by atoms with Crippen molar-refractivity contribution in [3.05, 3.63) is 57.6 Å². The van der Waals surface area contributed by atoms with Gasteiger partial charge in [0.1, 0.15) is 19.3 Å². The fourth-order valence-electron chi connectivity index (χ4n) is 3.56. The quantitative estimate of drug-likeness (QED) is 0.633. The van der Waals surface area contributed by atoms with Crippen molar-refractivity contribution in [1.82, 2.24) is 10.2 Å². The number of nitrogens with zero attached hydrogens (tertiary/aromatic N) is 1. The summed E-state index contributed by atoms with van der Waals surface area (Å²) in [6, 6.07) is 10.3. The van der Waals surface area contributed by atoms with Crippen molar-refractivity contribution < 1.29 is 19.1 Å². The highest BCUT2D eigenvalue weighted by Crippen LogP contribution is 2.31. The number of carbonyl (C=O) groups is 2. The Hall–Kier alpha value is -2.44. The van der Waals surface area contributed by atoms with Crippen LogP contribution in [0.3, 0.4) is 0 Å². The molecule has 3 rings (SSSR count). The first-order valence-corrected chi connectivity index (χ1v) is 11.0. The van der Waals surface area contributed by atoms with E-state index in [0.29, 0.717) is 47.6 Å². The first kappa shape index (κ1) is 23.2. The maximum absolute atomic E-state index is 13.2. The molecule has 0 aliphatic carbocycles. The number of rotatable bonds is 8. The van der Waals surface area contributed by atoms with E-state index in [-0.39, 0.29) is 24.8 Å². The largest absolute Gasteiger partial charge is 0.486 e. The van der Waals surface area contributed by atoms with Gasteiger partial charge in [-0.1, -0.05) is 42.3 Å². The number of nitrogens with one attached hydrogen (secondary N) is 1. The summed E-state index contributed by atoms with van der Waals surface area (Å²) in [6.45, 7) is 3.20. The lowest BCUT2D eigenvalue weighted by molar-refractivity contribution is -0.141. The minimum atomic E-state index is -0.577. The van der Waals surface area contributed by atoms with E-state index in [1.807, 2.05) is 31.2 Å². The molecule has 0 saturated heterocycles. The molecule has 31 heavy (non-hydrogen) atoms. The Labute approximate surface area is 192 Å². The Morgan fingerprint density at radius 2 is 1.74 bits per heavy atom. The summed E-state index contributed by atoms with van der Waals surface area (Å²) in [4.78, 5) is 27.3. The van der Waals surface area contributed by atoms with Gasteiger partial charge in [0.25, 0.3) is 0 Å². The van der Waals surface area contributed by atoms with Gasteiger partial charge in [0.05, 0.1) is 10.0 Å². The summed E-state index contributed by atoms with van der Waals surface area (Å²) in [7, 11) is 1.57. The van der Waals surface area contributed by atoms with Crippen LogP contribution in [-0.4, -0.2) is 43.0 Å². The molecule has 0 fully saturated rings. The van der Waals surface area contributed by atoms with Gasteiger partial charge in [0.15, 0.2) is 11.5 Å². The molecule has 166 valence electrons. The maximum atomic E-state index is 13.2. The molecule has 1 aliphatic heterocycles. The fraction of sp³-hybridized carbons (Fsp3) is 0.391. The fourth-order valence-corrected chi connectivity index (χ4v) is 3.88. The monoisotopic (exact) mass is 464 g/mol. The summed E-state index contributed by atoms with van der Waals surface area (Å²) in [5.74, 6) is 1.10. The van der Waals surface area contributed by atoms with Crippen LogP contribution in [0.15, 0.2) is 36.4 Å². The molecular weight excluding hydrogens is 439 g/mol. The highest BCUT2D eigenvalue weighted by molar-refractivity contribution is 6.42. The van der Waals surface area contributed by atoms with Gasteiger partial charge in [-0.25, -0.2) is 0 Å². The summed E-state index contributed by atoms with van der Waals surface area (Å²) < 4.78 is 11.2. The number of halogens is 2. The molecule has 1 aliphatic rings. The zero-order valence-corrected chi connectivity index (χ0v) is 19.1. The molecule has 2 amide bonds.